The Balaban J connectivity index is 2.10. The van der Waals surface area contributed by atoms with Crippen molar-refractivity contribution in [3.8, 4) is 0 Å². The molecule has 0 aromatic heterocycles. The summed E-state index contributed by atoms with van der Waals surface area (Å²) >= 11 is 1.85. The van der Waals surface area contributed by atoms with Gasteiger partial charge in [0, 0.05) is 16.7 Å². The maximum atomic E-state index is 12.8. The molecule has 2 nitrogen and oxygen atoms in total. The highest BCUT2D eigenvalue weighted by atomic mass is 32.2. The zero-order valence-electron chi connectivity index (χ0n) is 9.24. The van der Waals surface area contributed by atoms with Crippen molar-refractivity contribution in [2.24, 2.45) is 0 Å². The molecule has 0 spiro atoms. The molecule has 1 heterocycles. The van der Waals surface area contributed by atoms with E-state index in [4.69, 9.17) is 0 Å². The summed E-state index contributed by atoms with van der Waals surface area (Å²) in [5.74, 6) is 0.653. The quantitative estimate of drug-likeness (QED) is 0.852. The standard InChI is InChI=1S/C12H16FNOS/c1-9-6-12(7-15,8-16-9)14-11-4-2-10(13)3-5-11/h2-5,9,14-15H,6-8H2,1H3. The van der Waals surface area contributed by atoms with Crippen molar-refractivity contribution >= 4 is 17.4 Å². The maximum absolute atomic E-state index is 12.8. The van der Waals surface area contributed by atoms with E-state index in [2.05, 4.69) is 12.2 Å². The van der Waals surface area contributed by atoms with Gasteiger partial charge in [0.2, 0.25) is 0 Å². The van der Waals surface area contributed by atoms with Gasteiger partial charge in [0.1, 0.15) is 5.82 Å². The second-order valence-electron chi connectivity index (χ2n) is 4.40. The van der Waals surface area contributed by atoms with Crippen molar-refractivity contribution in [2.45, 2.75) is 24.1 Å². The molecule has 1 fully saturated rings. The molecule has 16 heavy (non-hydrogen) atoms. The van der Waals surface area contributed by atoms with Crippen LogP contribution in [0, 0.1) is 5.82 Å². The van der Waals surface area contributed by atoms with Gasteiger partial charge in [0.25, 0.3) is 0 Å². The van der Waals surface area contributed by atoms with E-state index in [1.165, 1.54) is 12.1 Å². The maximum Gasteiger partial charge on any atom is 0.123 e. The van der Waals surface area contributed by atoms with Gasteiger partial charge in [-0.25, -0.2) is 4.39 Å². The molecule has 2 N–H and O–H groups in total. The fourth-order valence-corrected chi connectivity index (χ4v) is 3.37. The lowest BCUT2D eigenvalue weighted by molar-refractivity contribution is 0.223. The summed E-state index contributed by atoms with van der Waals surface area (Å²) < 4.78 is 12.8. The van der Waals surface area contributed by atoms with Crippen LogP contribution in [-0.2, 0) is 0 Å². The predicted octanol–water partition coefficient (Wildman–Crippen LogP) is 2.49. The van der Waals surface area contributed by atoms with Gasteiger partial charge < -0.3 is 10.4 Å². The van der Waals surface area contributed by atoms with E-state index in [9.17, 15) is 9.50 Å². The number of hydrogen-bond donors (Lipinski definition) is 2. The minimum absolute atomic E-state index is 0.113. The third-order valence-electron chi connectivity index (χ3n) is 2.88. The summed E-state index contributed by atoms with van der Waals surface area (Å²) in [5, 5.41) is 13.4. The molecule has 1 aliphatic heterocycles. The smallest absolute Gasteiger partial charge is 0.123 e. The van der Waals surface area contributed by atoms with Gasteiger partial charge in [-0.1, -0.05) is 6.92 Å². The number of rotatable bonds is 3. The van der Waals surface area contributed by atoms with Crippen molar-refractivity contribution in [1.82, 2.24) is 0 Å². The minimum atomic E-state index is -0.248. The molecule has 2 rings (SSSR count). The van der Waals surface area contributed by atoms with Crippen LogP contribution in [0.4, 0.5) is 10.1 Å². The molecule has 0 bridgehead atoms. The molecule has 0 radical (unpaired) electrons. The van der Waals surface area contributed by atoms with E-state index in [0.29, 0.717) is 5.25 Å². The third kappa shape index (κ3) is 2.50. The van der Waals surface area contributed by atoms with Gasteiger partial charge in [0.15, 0.2) is 0 Å². The molecule has 1 saturated heterocycles. The van der Waals surface area contributed by atoms with Crippen LogP contribution in [0.5, 0.6) is 0 Å². The third-order valence-corrected chi connectivity index (χ3v) is 4.33. The van der Waals surface area contributed by atoms with E-state index in [0.717, 1.165) is 17.9 Å². The Labute approximate surface area is 99.2 Å². The van der Waals surface area contributed by atoms with Gasteiger partial charge >= 0.3 is 0 Å². The Hall–Kier alpha value is -0.740. The Morgan fingerprint density at radius 1 is 1.50 bits per heavy atom. The highest BCUT2D eigenvalue weighted by molar-refractivity contribution is 8.00. The normalized spacial score (nSPS) is 29.3. The van der Waals surface area contributed by atoms with Gasteiger partial charge in [0.05, 0.1) is 12.1 Å². The Kier molecular flexibility index (Phi) is 3.40. The fraction of sp³-hybridized carbons (Fsp3) is 0.500. The molecule has 0 aliphatic carbocycles. The lowest BCUT2D eigenvalue weighted by Gasteiger charge is -2.28. The van der Waals surface area contributed by atoms with Crippen LogP contribution in [0.1, 0.15) is 13.3 Å². The van der Waals surface area contributed by atoms with Crippen molar-refractivity contribution in [3.05, 3.63) is 30.1 Å². The van der Waals surface area contributed by atoms with Crippen LogP contribution < -0.4 is 5.32 Å². The summed E-state index contributed by atoms with van der Waals surface area (Å²) in [7, 11) is 0. The molecule has 2 unspecified atom stereocenters. The average Bonchev–Trinajstić information content (AvgIpc) is 2.64. The van der Waals surface area contributed by atoms with E-state index in [1.807, 2.05) is 11.8 Å². The molecule has 1 aromatic carbocycles. The SMILES string of the molecule is CC1CC(CO)(Nc2ccc(F)cc2)CS1. The first-order valence-electron chi connectivity index (χ1n) is 5.40. The van der Waals surface area contributed by atoms with Gasteiger partial charge in [-0.3, -0.25) is 0 Å². The van der Waals surface area contributed by atoms with Crippen LogP contribution in [0.15, 0.2) is 24.3 Å². The topological polar surface area (TPSA) is 32.3 Å². The zero-order valence-corrected chi connectivity index (χ0v) is 10.1. The van der Waals surface area contributed by atoms with Crippen molar-refractivity contribution in [3.63, 3.8) is 0 Å². The van der Waals surface area contributed by atoms with Crippen LogP contribution in [0.3, 0.4) is 0 Å². The zero-order chi connectivity index (χ0) is 11.6. The Bertz CT molecular complexity index is 357. The van der Waals surface area contributed by atoms with E-state index in [1.54, 1.807) is 12.1 Å². The first-order chi connectivity index (χ1) is 7.63. The summed E-state index contributed by atoms with van der Waals surface area (Å²) in [6, 6.07) is 6.28. The number of aliphatic hydroxyl groups is 1. The molecule has 1 aliphatic rings. The van der Waals surface area contributed by atoms with Crippen LogP contribution in [0.2, 0.25) is 0 Å². The number of thioether (sulfide) groups is 1. The number of anilines is 1. The molecule has 4 heteroatoms. The Morgan fingerprint density at radius 3 is 2.69 bits per heavy atom. The molecule has 0 amide bonds. The number of aliphatic hydroxyl groups excluding tert-OH is 1. The number of hydrogen-bond acceptors (Lipinski definition) is 3. The average molecular weight is 241 g/mol. The molecule has 2 atom stereocenters. The summed E-state index contributed by atoms with van der Waals surface area (Å²) in [6.45, 7) is 2.27. The lowest BCUT2D eigenvalue weighted by atomic mass is 9.97. The summed E-state index contributed by atoms with van der Waals surface area (Å²) in [4.78, 5) is 0. The number of benzene rings is 1. The van der Waals surface area contributed by atoms with E-state index in [-0.39, 0.29) is 18.0 Å². The fourth-order valence-electron chi connectivity index (χ4n) is 2.05. The molecule has 1 aromatic rings. The molecule has 0 saturated carbocycles. The molecular formula is C12H16FNOS. The van der Waals surface area contributed by atoms with Gasteiger partial charge in [-0.05, 0) is 30.7 Å². The first kappa shape index (κ1) is 11.7. The van der Waals surface area contributed by atoms with Crippen LogP contribution in [0.25, 0.3) is 0 Å². The second kappa shape index (κ2) is 4.63. The van der Waals surface area contributed by atoms with Crippen molar-refractivity contribution in [1.29, 1.82) is 0 Å². The van der Waals surface area contributed by atoms with E-state index >= 15 is 0 Å². The number of halogens is 1. The van der Waals surface area contributed by atoms with Crippen molar-refractivity contribution in [2.75, 3.05) is 17.7 Å². The van der Waals surface area contributed by atoms with Crippen LogP contribution >= 0.6 is 11.8 Å². The van der Waals surface area contributed by atoms with Crippen LogP contribution in [-0.4, -0.2) is 28.3 Å². The summed E-state index contributed by atoms with van der Waals surface area (Å²) in [6.07, 6.45) is 0.936. The highest BCUT2D eigenvalue weighted by Crippen LogP contribution is 2.36. The molecular weight excluding hydrogens is 225 g/mol. The second-order valence-corrected chi connectivity index (χ2v) is 5.82. The minimum Gasteiger partial charge on any atom is -0.394 e. The largest absolute Gasteiger partial charge is 0.394 e. The first-order valence-corrected chi connectivity index (χ1v) is 6.45. The monoisotopic (exact) mass is 241 g/mol. The van der Waals surface area contributed by atoms with Gasteiger partial charge in [-0.2, -0.15) is 11.8 Å². The Morgan fingerprint density at radius 2 is 2.19 bits per heavy atom. The lowest BCUT2D eigenvalue weighted by Crippen LogP contribution is -2.42. The summed E-state index contributed by atoms with van der Waals surface area (Å²) in [5.41, 5.74) is 0.618. The highest BCUT2D eigenvalue weighted by Gasteiger charge is 2.37. The predicted molar refractivity (Wildman–Crippen MR) is 66.4 cm³/mol. The van der Waals surface area contributed by atoms with Gasteiger partial charge in [-0.15, -0.1) is 0 Å². The molecule has 88 valence electrons. The number of nitrogens with one attached hydrogen (secondary N) is 1. The van der Waals surface area contributed by atoms with E-state index < -0.39 is 0 Å². The van der Waals surface area contributed by atoms with Crippen molar-refractivity contribution < 1.29 is 9.50 Å².